The highest BCUT2D eigenvalue weighted by Gasteiger charge is 2.30. The Bertz CT molecular complexity index is 1480. The van der Waals surface area contributed by atoms with Crippen molar-refractivity contribution in [3.05, 3.63) is 75.9 Å². The summed E-state index contributed by atoms with van der Waals surface area (Å²) in [5, 5.41) is 8.19. The molecule has 2 aromatic heterocycles. The van der Waals surface area contributed by atoms with Gasteiger partial charge in [-0.3, -0.25) is 0 Å². The summed E-state index contributed by atoms with van der Waals surface area (Å²) in [5.74, 6) is 0.686. The van der Waals surface area contributed by atoms with Gasteiger partial charge in [0, 0.05) is 29.7 Å². The summed E-state index contributed by atoms with van der Waals surface area (Å²) >= 11 is 9.80. The predicted molar refractivity (Wildman–Crippen MR) is 135 cm³/mol. The third-order valence-corrected chi connectivity index (χ3v) is 7.64. The third kappa shape index (κ3) is 6.00. The molecule has 0 radical (unpaired) electrons. The molecule has 0 aliphatic carbocycles. The zero-order valence-corrected chi connectivity index (χ0v) is 21.7. The highest BCUT2D eigenvalue weighted by molar-refractivity contribution is 9.10. The number of hydrogen-bond donors (Lipinski definition) is 2. The van der Waals surface area contributed by atoms with Gasteiger partial charge in [0.1, 0.15) is 5.82 Å². The highest BCUT2D eigenvalue weighted by atomic mass is 79.9. The SMILES string of the molecule is O=S(=O)(NCCCCNc1cc(-c2ccccc2Cl)nc2c(Br)cnn12)c1ccc(C(F)(F)F)cc1. The molecule has 0 saturated heterocycles. The van der Waals surface area contributed by atoms with E-state index in [9.17, 15) is 21.6 Å². The van der Waals surface area contributed by atoms with Gasteiger partial charge in [-0.25, -0.2) is 18.1 Å². The van der Waals surface area contributed by atoms with Crippen LogP contribution in [0, 0.1) is 0 Å². The summed E-state index contributed by atoms with van der Waals surface area (Å²) in [6.45, 7) is 0.648. The van der Waals surface area contributed by atoms with Crippen molar-refractivity contribution >= 4 is 49.0 Å². The van der Waals surface area contributed by atoms with Gasteiger partial charge in [-0.1, -0.05) is 29.8 Å². The maximum atomic E-state index is 12.7. The second-order valence-electron chi connectivity index (χ2n) is 7.79. The number of fused-ring (bicyclic) bond motifs is 1. The van der Waals surface area contributed by atoms with Crippen LogP contribution in [0.4, 0.5) is 19.0 Å². The summed E-state index contributed by atoms with van der Waals surface area (Å²) in [5.41, 5.74) is 1.15. The van der Waals surface area contributed by atoms with Crippen molar-refractivity contribution in [2.24, 2.45) is 0 Å². The maximum absolute atomic E-state index is 12.7. The first-order valence-corrected chi connectivity index (χ1v) is 13.4. The van der Waals surface area contributed by atoms with Crippen LogP contribution in [-0.2, 0) is 16.2 Å². The molecule has 0 spiro atoms. The summed E-state index contributed by atoms with van der Waals surface area (Å²) in [6, 6.07) is 12.6. The van der Waals surface area contributed by atoms with E-state index in [-0.39, 0.29) is 11.4 Å². The van der Waals surface area contributed by atoms with Crippen molar-refractivity contribution < 1.29 is 21.6 Å². The second kappa shape index (κ2) is 10.8. The summed E-state index contributed by atoms with van der Waals surface area (Å²) < 4.78 is 67.6. The largest absolute Gasteiger partial charge is 0.416 e. The quantitative estimate of drug-likeness (QED) is 0.230. The van der Waals surface area contributed by atoms with E-state index in [1.807, 2.05) is 24.3 Å². The van der Waals surface area contributed by atoms with Crippen molar-refractivity contribution in [3.8, 4) is 11.3 Å². The van der Waals surface area contributed by atoms with Crippen LogP contribution in [0.5, 0.6) is 0 Å². The maximum Gasteiger partial charge on any atom is 0.416 e. The number of anilines is 1. The molecule has 7 nitrogen and oxygen atoms in total. The minimum absolute atomic E-state index is 0.134. The molecule has 2 aromatic carbocycles. The van der Waals surface area contributed by atoms with E-state index < -0.39 is 21.8 Å². The molecule has 190 valence electrons. The summed E-state index contributed by atoms with van der Waals surface area (Å²) in [7, 11) is -3.91. The van der Waals surface area contributed by atoms with Gasteiger partial charge in [-0.05, 0) is 59.1 Å². The van der Waals surface area contributed by atoms with Crippen LogP contribution in [0.15, 0.2) is 70.2 Å². The Morgan fingerprint density at radius 1 is 1.03 bits per heavy atom. The lowest BCUT2D eigenvalue weighted by Crippen LogP contribution is -2.25. The van der Waals surface area contributed by atoms with E-state index >= 15 is 0 Å². The molecular weight excluding hydrogens is 583 g/mol. The molecule has 4 rings (SSSR count). The van der Waals surface area contributed by atoms with Gasteiger partial charge in [0.25, 0.3) is 0 Å². The molecule has 2 heterocycles. The molecule has 0 amide bonds. The van der Waals surface area contributed by atoms with Gasteiger partial charge in [0.15, 0.2) is 5.65 Å². The first-order chi connectivity index (χ1) is 17.1. The van der Waals surface area contributed by atoms with Crippen molar-refractivity contribution in [1.29, 1.82) is 0 Å². The Morgan fingerprint density at radius 3 is 2.42 bits per heavy atom. The number of sulfonamides is 1. The molecular formula is C23H20BrClF3N5O2S. The molecule has 0 fully saturated rings. The van der Waals surface area contributed by atoms with Gasteiger partial charge < -0.3 is 5.32 Å². The Morgan fingerprint density at radius 2 is 1.72 bits per heavy atom. The summed E-state index contributed by atoms with van der Waals surface area (Å²) in [4.78, 5) is 4.43. The number of unbranched alkanes of at least 4 members (excludes halogenated alkanes) is 1. The van der Waals surface area contributed by atoms with E-state index in [4.69, 9.17) is 11.6 Å². The monoisotopic (exact) mass is 601 g/mol. The fourth-order valence-corrected chi connectivity index (χ4v) is 5.10. The van der Waals surface area contributed by atoms with E-state index in [1.165, 1.54) is 0 Å². The number of benzene rings is 2. The fraction of sp³-hybridized carbons (Fsp3) is 0.217. The number of hydrogen-bond acceptors (Lipinski definition) is 5. The Kier molecular flexibility index (Phi) is 7.88. The van der Waals surface area contributed by atoms with Crippen LogP contribution in [0.3, 0.4) is 0 Å². The molecule has 0 bridgehead atoms. The number of alkyl halides is 3. The zero-order chi connectivity index (χ0) is 25.9. The lowest BCUT2D eigenvalue weighted by atomic mass is 10.1. The predicted octanol–water partition coefficient (Wildman–Crippen LogP) is 6.00. The Hall–Kier alpha value is -2.67. The number of nitrogens with zero attached hydrogens (tertiary/aromatic N) is 3. The average molecular weight is 603 g/mol. The van der Waals surface area contributed by atoms with Gasteiger partial charge in [0.05, 0.1) is 26.8 Å². The molecule has 36 heavy (non-hydrogen) atoms. The second-order valence-corrected chi connectivity index (χ2v) is 10.8. The number of halogens is 5. The number of rotatable bonds is 9. The normalized spacial score (nSPS) is 12.2. The van der Waals surface area contributed by atoms with Gasteiger partial charge in [0.2, 0.25) is 10.0 Å². The molecule has 13 heteroatoms. The molecule has 0 atom stereocenters. The minimum atomic E-state index is -4.52. The number of nitrogens with one attached hydrogen (secondary N) is 2. The van der Waals surface area contributed by atoms with Gasteiger partial charge in [-0.15, -0.1) is 0 Å². The molecule has 0 unspecified atom stereocenters. The first-order valence-electron chi connectivity index (χ1n) is 10.8. The van der Waals surface area contributed by atoms with Crippen LogP contribution >= 0.6 is 27.5 Å². The minimum Gasteiger partial charge on any atom is -0.370 e. The lowest BCUT2D eigenvalue weighted by Gasteiger charge is -2.12. The van der Waals surface area contributed by atoms with E-state index in [2.05, 4.69) is 36.1 Å². The van der Waals surface area contributed by atoms with Crippen LogP contribution < -0.4 is 10.0 Å². The Labute approximate surface area is 218 Å². The van der Waals surface area contributed by atoms with Crippen LogP contribution in [0.1, 0.15) is 18.4 Å². The van der Waals surface area contributed by atoms with Crippen LogP contribution in [-0.4, -0.2) is 36.1 Å². The van der Waals surface area contributed by atoms with Crippen LogP contribution in [0.25, 0.3) is 16.9 Å². The fourth-order valence-electron chi connectivity index (χ4n) is 3.45. The molecule has 0 saturated carbocycles. The standard InChI is InChI=1S/C23H20BrClF3N5O2S/c24-18-14-30-33-21(13-20(32-22(18)33)17-5-1-2-6-19(17)25)29-11-3-4-12-31-36(34,35)16-9-7-15(8-10-16)23(26,27)28/h1-2,5-10,13-14,29,31H,3-4,11-12H2. The van der Waals surface area contributed by atoms with Gasteiger partial charge in [-0.2, -0.15) is 22.8 Å². The lowest BCUT2D eigenvalue weighted by molar-refractivity contribution is -0.137. The first kappa shape index (κ1) is 26.4. The smallest absolute Gasteiger partial charge is 0.370 e. The Balaban J connectivity index is 1.35. The zero-order valence-electron chi connectivity index (χ0n) is 18.6. The van der Waals surface area contributed by atoms with Crippen molar-refractivity contribution in [2.45, 2.75) is 23.9 Å². The summed E-state index contributed by atoms with van der Waals surface area (Å²) in [6.07, 6.45) is -1.77. The van der Waals surface area contributed by atoms with Crippen molar-refractivity contribution in [1.82, 2.24) is 19.3 Å². The average Bonchev–Trinajstić information content (AvgIpc) is 3.22. The van der Waals surface area contributed by atoms with E-state index in [0.29, 0.717) is 41.6 Å². The van der Waals surface area contributed by atoms with Gasteiger partial charge >= 0.3 is 6.18 Å². The van der Waals surface area contributed by atoms with Crippen molar-refractivity contribution in [3.63, 3.8) is 0 Å². The number of aromatic nitrogens is 3. The molecule has 2 N–H and O–H groups in total. The van der Waals surface area contributed by atoms with Crippen LogP contribution in [0.2, 0.25) is 5.02 Å². The topological polar surface area (TPSA) is 88.4 Å². The van der Waals surface area contributed by atoms with E-state index in [0.717, 1.165) is 34.3 Å². The van der Waals surface area contributed by atoms with E-state index in [1.54, 1.807) is 16.8 Å². The molecule has 4 aromatic rings. The molecule has 0 aliphatic heterocycles. The van der Waals surface area contributed by atoms with Crippen molar-refractivity contribution in [2.75, 3.05) is 18.4 Å². The molecule has 0 aliphatic rings. The highest BCUT2D eigenvalue weighted by Crippen LogP contribution is 2.31. The third-order valence-electron chi connectivity index (χ3n) is 5.27.